The molecule has 0 radical (unpaired) electrons. The van der Waals surface area contributed by atoms with Crippen LogP contribution in [0.4, 0.5) is 11.5 Å². The lowest BCUT2D eigenvalue weighted by Gasteiger charge is -2.35. The van der Waals surface area contributed by atoms with Crippen molar-refractivity contribution in [1.82, 2.24) is 9.27 Å². The molecule has 1 saturated heterocycles. The van der Waals surface area contributed by atoms with Gasteiger partial charge in [0.1, 0.15) is 5.82 Å². The Morgan fingerprint density at radius 2 is 1.79 bits per heavy atom. The number of hydrogen-bond acceptors (Lipinski definition) is 6. The van der Waals surface area contributed by atoms with Crippen molar-refractivity contribution in [2.75, 3.05) is 42.9 Å². The third-order valence-corrected chi connectivity index (χ3v) is 7.06. The number of benzene rings is 3. The van der Waals surface area contributed by atoms with E-state index in [4.69, 9.17) is 9.64 Å². The molecule has 170 valence electrons. The first-order valence-electron chi connectivity index (χ1n) is 11.4. The van der Waals surface area contributed by atoms with Crippen molar-refractivity contribution in [2.45, 2.75) is 6.42 Å². The van der Waals surface area contributed by atoms with Crippen LogP contribution in [0.15, 0.2) is 72.8 Å². The summed E-state index contributed by atoms with van der Waals surface area (Å²) >= 11 is 1.57. The number of rotatable bonds is 6. The first kappa shape index (κ1) is 22.1. The van der Waals surface area contributed by atoms with E-state index in [1.807, 2.05) is 18.2 Å². The van der Waals surface area contributed by atoms with E-state index in [9.17, 15) is 4.79 Å². The standard InChI is InChI=1S/C27H25N5OS/c28-19-20-6-5-8-22(18-20)27(33)29-24-10-3-1-7-21(24)12-13-31-14-16-32(17-15-31)26-23-9-2-4-11-25(23)34-30-26/h1-11,18H,12-17H2,(H,29,33). The molecule has 0 bridgehead atoms. The van der Waals surface area contributed by atoms with E-state index in [0.29, 0.717) is 11.1 Å². The minimum atomic E-state index is -0.200. The molecule has 3 aromatic carbocycles. The molecule has 1 aliphatic rings. The average molecular weight is 468 g/mol. The molecule has 2 heterocycles. The van der Waals surface area contributed by atoms with Crippen LogP contribution in [0.5, 0.6) is 0 Å². The van der Waals surface area contributed by atoms with Gasteiger partial charge in [0.25, 0.3) is 5.91 Å². The summed E-state index contributed by atoms with van der Waals surface area (Å²) in [5.41, 5.74) is 2.90. The topological polar surface area (TPSA) is 72.3 Å². The molecule has 0 saturated carbocycles. The molecule has 1 amide bonds. The summed E-state index contributed by atoms with van der Waals surface area (Å²) in [6.07, 6.45) is 0.855. The van der Waals surface area contributed by atoms with Crippen LogP contribution in [-0.2, 0) is 6.42 Å². The maximum Gasteiger partial charge on any atom is 0.255 e. The van der Waals surface area contributed by atoms with E-state index in [0.717, 1.165) is 56.2 Å². The zero-order chi connectivity index (χ0) is 23.3. The highest BCUT2D eigenvalue weighted by Gasteiger charge is 2.21. The van der Waals surface area contributed by atoms with Crippen LogP contribution in [0, 0.1) is 11.3 Å². The maximum atomic E-state index is 12.7. The fourth-order valence-electron chi connectivity index (χ4n) is 4.35. The highest BCUT2D eigenvalue weighted by Crippen LogP contribution is 2.30. The number of aromatic nitrogens is 1. The highest BCUT2D eigenvalue weighted by atomic mass is 32.1. The normalized spacial score (nSPS) is 14.1. The Balaban J connectivity index is 1.19. The molecule has 5 rings (SSSR count). The molecule has 0 spiro atoms. The van der Waals surface area contributed by atoms with Gasteiger partial charge < -0.3 is 10.2 Å². The van der Waals surface area contributed by atoms with E-state index in [2.05, 4.69) is 51.5 Å². The van der Waals surface area contributed by atoms with E-state index in [-0.39, 0.29) is 5.91 Å². The van der Waals surface area contributed by atoms with E-state index in [1.54, 1.807) is 35.8 Å². The van der Waals surface area contributed by atoms with Crippen molar-refractivity contribution < 1.29 is 4.79 Å². The van der Waals surface area contributed by atoms with Gasteiger partial charge in [-0.15, -0.1) is 0 Å². The van der Waals surface area contributed by atoms with Crippen LogP contribution in [-0.4, -0.2) is 47.9 Å². The van der Waals surface area contributed by atoms with Crippen LogP contribution < -0.4 is 10.2 Å². The Morgan fingerprint density at radius 3 is 2.65 bits per heavy atom. The first-order chi connectivity index (χ1) is 16.7. The van der Waals surface area contributed by atoms with Gasteiger partial charge in [-0.05, 0) is 59.9 Å². The van der Waals surface area contributed by atoms with Crippen LogP contribution in [0.2, 0.25) is 0 Å². The summed E-state index contributed by atoms with van der Waals surface area (Å²) in [6.45, 7) is 4.83. The summed E-state index contributed by atoms with van der Waals surface area (Å²) in [5, 5.41) is 13.4. The number of fused-ring (bicyclic) bond motifs is 1. The summed E-state index contributed by atoms with van der Waals surface area (Å²) in [4.78, 5) is 17.6. The number of nitriles is 1. The number of piperazine rings is 1. The number of nitrogens with zero attached hydrogens (tertiary/aromatic N) is 4. The molecule has 1 fully saturated rings. The summed E-state index contributed by atoms with van der Waals surface area (Å²) in [5.74, 6) is 0.905. The molecular weight excluding hydrogens is 442 g/mol. The molecule has 34 heavy (non-hydrogen) atoms. The largest absolute Gasteiger partial charge is 0.353 e. The van der Waals surface area contributed by atoms with Crippen LogP contribution in [0.25, 0.3) is 10.1 Å². The van der Waals surface area contributed by atoms with Crippen molar-refractivity contribution >= 4 is 39.0 Å². The van der Waals surface area contributed by atoms with Crippen LogP contribution >= 0.6 is 11.5 Å². The molecule has 7 heteroatoms. The predicted molar refractivity (Wildman–Crippen MR) is 138 cm³/mol. The number of nitrogens with one attached hydrogen (secondary N) is 1. The highest BCUT2D eigenvalue weighted by molar-refractivity contribution is 7.13. The third kappa shape index (κ3) is 4.79. The van der Waals surface area contributed by atoms with Gasteiger partial charge in [-0.1, -0.05) is 36.4 Å². The van der Waals surface area contributed by atoms with Crippen LogP contribution in [0.3, 0.4) is 0 Å². The fourth-order valence-corrected chi connectivity index (χ4v) is 5.14. The Labute approximate surface area is 203 Å². The second-order valence-corrected chi connectivity index (χ2v) is 9.19. The quantitative estimate of drug-likeness (QED) is 0.442. The summed E-state index contributed by atoms with van der Waals surface area (Å²) in [6, 6.07) is 25.2. The Kier molecular flexibility index (Phi) is 6.52. The number of para-hydroxylation sites is 1. The van der Waals surface area contributed by atoms with Crippen molar-refractivity contribution in [2.24, 2.45) is 0 Å². The van der Waals surface area contributed by atoms with E-state index in [1.165, 1.54) is 10.1 Å². The minimum absolute atomic E-state index is 0.200. The molecule has 1 N–H and O–H groups in total. The zero-order valence-corrected chi connectivity index (χ0v) is 19.6. The smallest absolute Gasteiger partial charge is 0.255 e. The van der Waals surface area contributed by atoms with Gasteiger partial charge in [-0.25, -0.2) is 0 Å². The van der Waals surface area contributed by atoms with Gasteiger partial charge >= 0.3 is 0 Å². The molecule has 0 atom stereocenters. The second kappa shape index (κ2) is 10.0. The third-order valence-electron chi connectivity index (χ3n) is 6.25. The molecule has 4 aromatic rings. The zero-order valence-electron chi connectivity index (χ0n) is 18.8. The van der Waals surface area contributed by atoms with Crippen LogP contribution in [0.1, 0.15) is 21.5 Å². The van der Waals surface area contributed by atoms with Crippen molar-refractivity contribution in [1.29, 1.82) is 5.26 Å². The lowest BCUT2D eigenvalue weighted by Crippen LogP contribution is -2.47. The van der Waals surface area contributed by atoms with Gasteiger partial charge in [0.15, 0.2) is 0 Å². The van der Waals surface area contributed by atoms with E-state index >= 15 is 0 Å². The lowest BCUT2D eigenvalue weighted by atomic mass is 10.1. The minimum Gasteiger partial charge on any atom is -0.353 e. The maximum absolute atomic E-state index is 12.7. The monoisotopic (exact) mass is 467 g/mol. The Bertz CT molecular complexity index is 1350. The Morgan fingerprint density at radius 1 is 1.00 bits per heavy atom. The predicted octanol–water partition coefficient (Wildman–Crippen LogP) is 4.78. The van der Waals surface area contributed by atoms with Gasteiger partial charge in [-0.3, -0.25) is 9.69 Å². The Hall–Kier alpha value is -3.73. The summed E-state index contributed by atoms with van der Waals surface area (Å²) < 4.78 is 5.94. The van der Waals surface area contributed by atoms with Gasteiger partial charge in [0.2, 0.25) is 0 Å². The van der Waals surface area contributed by atoms with Gasteiger partial charge in [-0.2, -0.15) is 9.64 Å². The first-order valence-corrected chi connectivity index (χ1v) is 12.2. The molecule has 1 aromatic heterocycles. The molecular formula is C27H25N5OS. The number of amides is 1. The van der Waals surface area contributed by atoms with E-state index < -0.39 is 0 Å². The number of hydrogen-bond donors (Lipinski definition) is 1. The molecule has 0 aliphatic carbocycles. The molecule has 1 aliphatic heterocycles. The average Bonchev–Trinajstić information content (AvgIpc) is 3.33. The molecule has 6 nitrogen and oxygen atoms in total. The van der Waals surface area contributed by atoms with Gasteiger partial charge in [0, 0.05) is 49.4 Å². The molecule has 0 unspecified atom stereocenters. The fraction of sp³-hybridized carbons (Fsp3) is 0.222. The number of anilines is 2. The second-order valence-electron chi connectivity index (χ2n) is 8.38. The number of carbonyl (C=O) groups is 1. The lowest BCUT2D eigenvalue weighted by molar-refractivity contribution is 0.102. The van der Waals surface area contributed by atoms with Crippen molar-refractivity contribution in [3.8, 4) is 6.07 Å². The van der Waals surface area contributed by atoms with Gasteiger partial charge in [0.05, 0.1) is 16.3 Å². The SMILES string of the molecule is N#Cc1cccc(C(=O)Nc2ccccc2CCN2CCN(c3nsc4ccccc34)CC2)c1. The van der Waals surface area contributed by atoms with Crippen molar-refractivity contribution in [3.63, 3.8) is 0 Å². The van der Waals surface area contributed by atoms with Crippen molar-refractivity contribution in [3.05, 3.63) is 89.5 Å². The number of carbonyl (C=O) groups excluding carboxylic acids is 1. The summed E-state index contributed by atoms with van der Waals surface area (Å²) in [7, 11) is 0.